The van der Waals surface area contributed by atoms with Crippen molar-refractivity contribution in [3.05, 3.63) is 69.6 Å². The van der Waals surface area contributed by atoms with E-state index in [1.54, 1.807) is 47.0 Å². The predicted molar refractivity (Wildman–Crippen MR) is 116 cm³/mol. The number of anilines is 2. The fraction of sp³-hybridized carbons (Fsp3) is 0.0952. The number of halogens is 2. The molecule has 0 bridgehead atoms. The Hall–Kier alpha value is -2.90. The average Bonchev–Trinajstić information content (AvgIpc) is 2.72. The fourth-order valence-corrected chi connectivity index (χ4v) is 4.36. The lowest BCUT2D eigenvalue weighted by molar-refractivity contribution is -0.108. The zero-order valence-electron chi connectivity index (χ0n) is 15.3. The van der Waals surface area contributed by atoms with Crippen molar-refractivity contribution in [1.29, 1.82) is 0 Å². The maximum absolute atomic E-state index is 14.0. The van der Waals surface area contributed by atoms with Crippen LogP contribution in [0.3, 0.4) is 0 Å². The first-order chi connectivity index (χ1) is 14.0. The summed E-state index contributed by atoms with van der Waals surface area (Å²) in [5.41, 5.74) is 0.949. The molecule has 0 unspecified atom stereocenters. The second-order valence-corrected chi connectivity index (χ2v) is 7.48. The number of nitrogens with zero attached hydrogens (tertiary/aromatic N) is 2. The van der Waals surface area contributed by atoms with Crippen molar-refractivity contribution in [1.82, 2.24) is 9.55 Å². The molecule has 0 atom stereocenters. The van der Waals surface area contributed by atoms with E-state index >= 15 is 0 Å². The van der Waals surface area contributed by atoms with Crippen molar-refractivity contribution in [3.63, 3.8) is 0 Å². The predicted octanol–water partition coefficient (Wildman–Crippen LogP) is 5.01. The zero-order valence-corrected chi connectivity index (χ0v) is 16.9. The molecule has 146 valence electrons. The van der Waals surface area contributed by atoms with Crippen LogP contribution in [0.25, 0.3) is 21.9 Å². The number of nitrogens with one attached hydrogen (secondary N) is 1. The summed E-state index contributed by atoms with van der Waals surface area (Å²) >= 11 is 7.73. The Balaban J connectivity index is 2.03. The second-order valence-electron chi connectivity index (χ2n) is 6.26. The molecule has 0 aliphatic rings. The summed E-state index contributed by atoms with van der Waals surface area (Å²) in [6.45, 7) is -0.00265. The average molecular weight is 428 g/mol. The number of hydrogen-bond donors (Lipinski definition) is 1. The van der Waals surface area contributed by atoms with Crippen LogP contribution < -0.4 is 10.7 Å². The van der Waals surface area contributed by atoms with Gasteiger partial charge in [-0.1, -0.05) is 23.7 Å². The number of benzene rings is 2. The summed E-state index contributed by atoms with van der Waals surface area (Å²) in [6.07, 6.45) is 2.59. The molecule has 0 radical (unpaired) electrons. The zero-order chi connectivity index (χ0) is 20.5. The van der Waals surface area contributed by atoms with Crippen LogP contribution in [-0.4, -0.2) is 22.1 Å². The number of fused-ring (bicyclic) bond motifs is 2. The van der Waals surface area contributed by atoms with Crippen molar-refractivity contribution in [2.75, 3.05) is 11.6 Å². The van der Waals surface area contributed by atoms with E-state index in [-0.39, 0.29) is 17.7 Å². The van der Waals surface area contributed by atoms with Crippen molar-refractivity contribution >= 4 is 63.1 Å². The van der Waals surface area contributed by atoms with Crippen molar-refractivity contribution in [3.8, 4) is 0 Å². The molecule has 0 saturated carbocycles. The first-order valence-corrected chi connectivity index (χ1v) is 10.3. The highest BCUT2D eigenvalue weighted by atomic mass is 35.5. The minimum Gasteiger partial charge on any atom is -0.338 e. The van der Waals surface area contributed by atoms with Gasteiger partial charge in [0.1, 0.15) is 23.6 Å². The van der Waals surface area contributed by atoms with E-state index in [0.717, 1.165) is 6.29 Å². The van der Waals surface area contributed by atoms with Crippen LogP contribution in [0, 0.1) is 5.82 Å². The lowest BCUT2D eigenvalue weighted by Gasteiger charge is -2.16. The van der Waals surface area contributed by atoms with E-state index in [1.807, 2.05) is 6.26 Å². The van der Waals surface area contributed by atoms with Gasteiger partial charge in [-0.2, -0.15) is 0 Å². The van der Waals surface area contributed by atoms with Gasteiger partial charge in [-0.05, 0) is 42.7 Å². The van der Waals surface area contributed by atoms with Crippen molar-refractivity contribution in [2.24, 2.45) is 0 Å². The maximum Gasteiger partial charge on any atom is 0.198 e. The Morgan fingerprint density at radius 1 is 1.17 bits per heavy atom. The Morgan fingerprint density at radius 3 is 2.66 bits per heavy atom. The van der Waals surface area contributed by atoms with E-state index in [0.29, 0.717) is 37.7 Å². The van der Waals surface area contributed by atoms with Crippen LogP contribution in [-0.2, 0) is 11.3 Å². The van der Waals surface area contributed by atoms with E-state index in [9.17, 15) is 14.0 Å². The van der Waals surface area contributed by atoms with Gasteiger partial charge in [-0.25, -0.2) is 9.37 Å². The van der Waals surface area contributed by atoms with Gasteiger partial charge in [0.15, 0.2) is 5.43 Å². The van der Waals surface area contributed by atoms with Gasteiger partial charge in [0.25, 0.3) is 0 Å². The molecule has 4 aromatic rings. The molecule has 2 aromatic heterocycles. The van der Waals surface area contributed by atoms with E-state index < -0.39 is 5.82 Å². The molecule has 4 rings (SSSR count). The summed E-state index contributed by atoms with van der Waals surface area (Å²) in [5.74, 6) is -0.0663. The molecule has 29 heavy (non-hydrogen) atoms. The monoisotopic (exact) mass is 427 g/mol. The number of rotatable bonds is 5. The summed E-state index contributed by atoms with van der Waals surface area (Å²) in [6, 6.07) is 12.8. The third-order valence-electron chi connectivity index (χ3n) is 4.57. The van der Waals surface area contributed by atoms with Gasteiger partial charge >= 0.3 is 0 Å². The number of aromatic nitrogens is 2. The van der Waals surface area contributed by atoms with Crippen LogP contribution in [0.5, 0.6) is 0 Å². The summed E-state index contributed by atoms with van der Waals surface area (Å²) in [5, 5.41) is 4.24. The fourth-order valence-electron chi connectivity index (χ4n) is 3.30. The van der Waals surface area contributed by atoms with Gasteiger partial charge in [0.2, 0.25) is 0 Å². The topological polar surface area (TPSA) is 64.0 Å². The summed E-state index contributed by atoms with van der Waals surface area (Å²) < 4.78 is 15.7. The van der Waals surface area contributed by atoms with Crippen LogP contribution in [0.1, 0.15) is 0 Å². The highest BCUT2D eigenvalue weighted by Crippen LogP contribution is 2.34. The number of carbonyl (C=O) groups excluding carboxylic acids is 1. The quantitative estimate of drug-likeness (QED) is 0.275. The minimum absolute atomic E-state index is 0.00265. The number of pyridine rings is 2. The standard InChI is InChI=1S/C21H15ClFN3O2S/c1-29-20-14(22)8-6-12-18(20)26(10-11-27)21-13(19(12)28)7-9-17(25-21)24-16-5-3-2-4-15(16)23/h2-9,11H,10H2,1H3,(H,24,25). The third kappa shape index (κ3) is 3.36. The molecular formula is C21H15ClFN3O2S. The molecule has 0 aliphatic heterocycles. The highest BCUT2D eigenvalue weighted by molar-refractivity contribution is 7.99. The first-order valence-electron chi connectivity index (χ1n) is 8.70. The lowest BCUT2D eigenvalue weighted by atomic mass is 10.1. The molecule has 5 nitrogen and oxygen atoms in total. The summed E-state index contributed by atoms with van der Waals surface area (Å²) in [7, 11) is 0. The van der Waals surface area contributed by atoms with Gasteiger partial charge in [0, 0.05) is 5.39 Å². The largest absolute Gasteiger partial charge is 0.338 e. The van der Waals surface area contributed by atoms with E-state index in [4.69, 9.17) is 11.6 Å². The number of carbonyl (C=O) groups is 1. The van der Waals surface area contributed by atoms with Crippen LogP contribution >= 0.6 is 23.4 Å². The molecule has 8 heteroatoms. The lowest BCUT2D eigenvalue weighted by Crippen LogP contribution is -2.15. The van der Waals surface area contributed by atoms with Gasteiger partial charge in [0.05, 0.1) is 33.1 Å². The number of thioether (sulfide) groups is 1. The van der Waals surface area contributed by atoms with Crippen LogP contribution in [0.4, 0.5) is 15.9 Å². The second kappa shape index (κ2) is 7.85. The first kappa shape index (κ1) is 19.4. The van der Waals surface area contributed by atoms with E-state index in [1.165, 1.54) is 17.8 Å². The molecular weight excluding hydrogens is 413 g/mol. The van der Waals surface area contributed by atoms with Gasteiger partial charge in [-0.3, -0.25) is 4.79 Å². The molecule has 0 amide bonds. The summed E-state index contributed by atoms with van der Waals surface area (Å²) in [4.78, 5) is 29.7. The third-order valence-corrected chi connectivity index (χ3v) is 5.82. The van der Waals surface area contributed by atoms with Gasteiger partial charge < -0.3 is 14.7 Å². The number of aldehydes is 1. The number of hydrogen-bond acceptors (Lipinski definition) is 5. The molecule has 0 aliphatic carbocycles. The SMILES string of the molecule is CSc1c(Cl)ccc2c(=O)c3ccc(Nc4ccccc4F)nc3n(CC=O)c12. The maximum atomic E-state index is 14.0. The molecule has 2 heterocycles. The van der Waals surface area contributed by atoms with Crippen molar-refractivity contribution in [2.45, 2.75) is 11.4 Å². The van der Waals surface area contributed by atoms with Crippen molar-refractivity contribution < 1.29 is 9.18 Å². The molecule has 1 N–H and O–H groups in total. The molecule has 0 fully saturated rings. The smallest absolute Gasteiger partial charge is 0.198 e. The molecule has 2 aromatic carbocycles. The van der Waals surface area contributed by atoms with Gasteiger partial charge in [-0.15, -0.1) is 11.8 Å². The number of para-hydroxylation sites is 1. The Bertz CT molecular complexity index is 1320. The van der Waals surface area contributed by atoms with E-state index in [2.05, 4.69) is 10.3 Å². The Morgan fingerprint density at radius 2 is 1.93 bits per heavy atom. The Labute approximate surface area is 174 Å². The molecule has 0 spiro atoms. The highest BCUT2D eigenvalue weighted by Gasteiger charge is 2.17. The van der Waals surface area contributed by atoms with Crippen LogP contribution in [0.2, 0.25) is 5.02 Å². The molecule has 0 saturated heterocycles. The normalized spacial score (nSPS) is 11.1. The van der Waals surface area contributed by atoms with Crippen LogP contribution in [0.15, 0.2) is 58.2 Å². The minimum atomic E-state index is -0.422. The Kier molecular flexibility index (Phi) is 5.25.